The third-order valence-electron chi connectivity index (χ3n) is 5.45. The van der Waals surface area contributed by atoms with Crippen LogP contribution in [0.4, 0.5) is 0 Å². The van der Waals surface area contributed by atoms with Crippen LogP contribution in [0.25, 0.3) is 33.4 Å². The fourth-order valence-corrected chi connectivity index (χ4v) is 3.95. The van der Waals surface area contributed by atoms with E-state index in [2.05, 4.69) is 57.4 Å². The molecular weight excluding hydrogens is 386 g/mol. The Kier molecular flexibility index (Phi) is 5.00. The first kappa shape index (κ1) is 19.1. The van der Waals surface area contributed by atoms with E-state index in [1.54, 1.807) is 7.11 Å². The van der Waals surface area contributed by atoms with Crippen molar-refractivity contribution in [3.63, 3.8) is 0 Å². The van der Waals surface area contributed by atoms with Crippen LogP contribution >= 0.6 is 0 Å². The van der Waals surface area contributed by atoms with E-state index in [9.17, 15) is 0 Å². The minimum Gasteiger partial charge on any atom is -0.497 e. The van der Waals surface area contributed by atoms with Crippen LogP contribution in [-0.4, -0.2) is 28.5 Å². The minimum absolute atomic E-state index is 0.620. The first-order valence-corrected chi connectivity index (χ1v) is 10.4. The van der Waals surface area contributed by atoms with Crippen molar-refractivity contribution < 1.29 is 9.47 Å². The van der Waals surface area contributed by atoms with Crippen LogP contribution < -0.4 is 9.47 Å². The number of benzene rings is 3. The van der Waals surface area contributed by atoms with Crippen molar-refractivity contribution in [1.29, 1.82) is 0 Å². The Morgan fingerprint density at radius 1 is 0.839 bits per heavy atom. The smallest absolute Gasteiger partial charge is 0.120 e. The summed E-state index contributed by atoms with van der Waals surface area (Å²) in [6.07, 6.45) is 2.16. The highest BCUT2D eigenvalue weighted by Gasteiger charge is 2.21. The molecule has 2 heterocycles. The number of hydrogen-bond acceptors (Lipinski definition) is 4. The summed E-state index contributed by atoms with van der Waals surface area (Å²) in [5, 5.41) is 10.1. The van der Waals surface area contributed by atoms with Gasteiger partial charge >= 0.3 is 0 Å². The second-order valence-electron chi connectivity index (χ2n) is 7.39. The van der Waals surface area contributed by atoms with Gasteiger partial charge < -0.3 is 14.0 Å². The molecule has 2 aliphatic heterocycles. The zero-order valence-corrected chi connectivity index (χ0v) is 17.6. The predicted molar refractivity (Wildman–Crippen MR) is 123 cm³/mol. The van der Waals surface area contributed by atoms with Gasteiger partial charge in [-0.25, -0.2) is 0 Å². The van der Waals surface area contributed by atoms with Crippen molar-refractivity contribution in [2.75, 3.05) is 13.7 Å². The van der Waals surface area contributed by atoms with Crippen molar-refractivity contribution in [1.82, 2.24) is 14.8 Å². The van der Waals surface area contributed by atoms with Gasteiger partial charge in [-0.15, -0.1) is 10.2 Å². The van der Waals surface area contributed by atoms with Gasteiger partial charge in [-0.3, -0.25) is 0 Å². The summed E-state index contributed by atoms with van der Waals surface area (Å²) in [6.45, 7) is 3.37. The molecule has 2 aliphatic rings. The Morgan fingerprint density at radius 2 is 1.58 bits per heavy atom. The molecule has 3 aromatic carbocycles. The van der Waals surface area contributed by atoms with Crippen LogP contribution in [0.3, 0.4) is 0 Å². The number of hydrogen-bond donors (Lipinski definition) is 0. The van der Waals surface area contributed by atoms with Crippen LogP contribution in [0.5, 0.6) is 11.5 Å². The van der Waals surface area contributed by atoms with Crippen molar-refractivity contribution >= 4 is 10.9 Å². The van der Waals surface area contributed by atoms with Gasteiger partial charge in [-0.05, 0) is 55.0 Å². The number of pyridine rings is 1. The summed E-state index contributed by atoms with van der Waals surface area (Å²) in [5.74, 6) is 1.65. The van der Waals surface area contributed by atoms with E-state index in [1.807, 2.05) is 43.3 Å². The molecule has 0 saturated carbocycles. The number of aromatic nitrogens is 3. The molecule has 31 heavy (non-hydrogen) atoms. The summed E-state index contributed by atoms with van der Waals surface area (Å²) in [4.78, 5) is 0. The van der Waals surface area contributed by atoms with Gasteiger partial charge in [-0.2, -0.15) is 0 Å². The Hall–Kier alpha value is -3.86. The fraction of sp³-hybridized carbons (Fsp3) is 0.154. The molecule has 0 radical (unpaired) electrons. The molecule has 5 nitrogen and oxygen atoms in total. The number of ether oxygens (including phenoxy) is 2. The zero-order valence-electron chi connectivity index (χ0n) is 17.6. The summed E-state index contributed by atoms with van der Waals surface area (Å²) in [7, 11) is 1.67. The predicted octanol–water partition coefficient (Wildman–Crippen LogP) is 5.66. The van der Waals surface area contributed by atoms with Crippen LogP contribution in [0.2, 0.25) is 0 Å². The molecule has 154 valence electrons. The van der Waals surface area contributed by atoms with Crippen LogP contribution in [-0.2, 0) is 6.54 Å². The van der Waals surface area contributed by atoms with Gasteiger partial charge in [0.05, 0.1) is 19.2 Å². The Balaban J connectivity index is 1.70. The largest absolute Gasteiger partial charge is 0.497 e. The van der Waals surface area contributed by atoms with Crippen LogP contribution in [0, 0.1) is 0 Å². The molecule has 0 bridgehead atoms. The molecule has 0 spiro atoms. The van der Waals surface area contributed by atoms with E-state index in [0.29, 0.717) is 6.61 Å². The average molecular weight is 409 g/mol. The lowest BCUT2D eigenvalue weighted by Crippen LogP contribution is -2.04. The van der Waals surface area contributed by atoms with Gasteiger partial charge in [0.2, 0.25) is 0 Å². The van der Waals surface area contributed by atoms with Crippen molar-refractivity contribution in [3.05, 3.63) is 84.6 Å². The summed E-state index contributed by atoms with van der Waals surface area (Å²) in [6, 6.07) is 24.6. The molecule has 5 heteroatoms. The second-order valence-corrected chi connectivity index (χ2v) is 7.39. The highest BCUT2D eigenvalue weighted by Crippen LogP contribution is 2.38. The zero-order chi connectivity index (χ0) is 21.2. The van der Waals surface area contributed by atoms with Gasteiger partial charge in [0.15, 0.2) is 0 Å². The Morgan fingerprint density at radius 3 is 2.32 bits per heavy atom. The lowest BCUT2D eigenvalue weighted by Gasteiger charge is -2.16. The molecule has 0 saturated heterocycles. The van der Waals surface area contributed by atoms with E-state index >= 15 is 0 Å². The summed E-state index contributed by atoms with van der Waals surface area (Å²) < 4.78 is 13.3. The maximum atomic E-state index is 5.77. The Bertz CT molecular complexity index is 1290. The van der Waals surface area contributed by atoms with E-state index in [-0.39, 0.29) is 0 Å². The van der Waals surface area contributed by atoms with Crippen molar-refractivity contribution in [2.45, 2.75) is 13.5 Å². The molecule has 3 aromatic rings. The van der Waals surface area contributed by atoms with Gasteiger partial charge in [0, 0.05) is 29.3 Å². The highest BCUT2D eigenvalue weighted by atomic mass is 16.5. The molecule has 0 aliphatic carbocycles. The summed E-state index contributed by atoms with van der Waals surface area (Å²) in [5.41, 5.74) is 6.11. The third kappa shape index (κ3) is 3.59. The molecule has 0 fully saturated rings. The van der Waals surface area contributed by atoms with Crippen LogP contribution in [0.15, 0.2) is 79.0 Å². The third-order valence-corrected chi connectivity index (χ3v) is 5.45. The van der Waals surface area contributed by atoms with Crippen molar-refractivity contribution in [3.8, 4) is 34.0 Å². The first-order valence-electron chi connectivity index (χ1n) is 10.4. The van der Waals surface area contributed by atoms with Gasteiger partial charge in [-0.1, -0.05) is 30.3 Å². The van der Waals surface area contributed by atoms with E-state index in [1.165, 1.54) is 5.56 Å². The van der Waals surface area contributed by atoms with E-state index in [0.717, 1.165) is 51.5 Å². The van der Waals surface area contributed by atoms with Crippen LogP contribution in [0.1, 0.15) is 12.5 Å². The topological polar surface area (TPSA) is 49.2 Å². The average Bonchev–Trinajstić information content (AvgIpc) is 3.24. The maximum absolute atomic E-state index is 5.77. The van der Waals surface area contributed by atoms with Gasteiger partial charge in [0.25, 0.3) is 0 Å². The monoisotopic (exact) mass is 409 g/mol. The maximum Gasteiger partial charge on any atom is 0.120 e. The second kappa shape index (κ2) is 8.11. The quantitative estimate of drug-likeness (QED) is 0.363. The molecular formula is C26H23N3O2. The standard InChI is InChI=1S/C26H23N3O2/c1-3-31-21-13-14-24-22(15-21)26-23(17-29(24)16-18-7-5-4-6-8-18)25(27-28-26)19-9-11-20(30-2)12-10-19/h4-15,17H,3,16H2,1-2H3. The first-order chi connectivity index (χ1) is 15.3. The normalized spacial score (nSPS) is 11.2. The van der Waals surface area contributed by atoms with Gasteiger partial charge in [0.1, 0.15) is 22.9 Å². The molecule has 0 atom stereocenters. The number of nitrogens with zero attached hydrogens (tertiary/aromatic N) is 3. The number of rotatable bonds is 6. The molecule has 0 aromatic heterocycles. The van der Waals surface area contributed by atoms with Crippen molar-refractivity contribution in [2.24, 2.45) is 0 Å². The molecule has 5 rings (SSSR count). The molecule has 0 unspecified atom stereocenters. The van der Waals surface area contributed by atoms with E-state index < -0.39 is 0 Å². The number of methoxy groups -OCH3 is 1. The minimum atomic E-state index is 0.620. The fourth-order valence-electron chi connectivity index (χ4n) is 3.95. The molecule has 0 N–H and O–H groups in total. The van der Waals surface area contributed by atoms with E-state index in [4.69, 9.17) is 9.47 Å². The molecule has 0 amide bonds. The number of fused-ring (bicyclic) bond motifs is 3. The SMILES string of the molecule is CCOc1ccc2c(c1)c1nnc(-c3ccc(OC)cc3)c-1cn2Cc1ccccc1. The summed E-state index contributed by atoms with van der Waals surface area (Å²) >= 11 is 0. The lowest BCUT2D eigenvalue weighted by atomic mass is 10.0. The highest BCUT2D eigenvalue weighted by molar-refractivity contribution is 5.98. The Labute approximate surface area is 181 Å². The lowest BCUT2D eigenvalue weighted by molar-refractivity contribution is 0.340.